The Bertz CT molecular complexity index is 514. The van der Waals surface area contributed by atoms with Crippen molar-refractivity contribution in [2.24, 2.45) is 5.92 Å². The van der Waals surface area contributed by atoms with E-state index in [1.807, 2.05) is 0 Å². The second-order valence-corrected chi connectivity index (χ2v) is 7.44. The molecule has 1 heterocycles. The van der Waals surface area contributed by atoms with Crippen LogP contribution in [-0.2, 0) is 10.0 Å². The number of nitrogens with one attached hydrogen (secondary N) is 1. The third kappa shape index (κ3) is 3.49. The molecule has 1 fully saturated rings. The molecule has 108 valence electrons. The number of hydrogen-bond acceptors (Lipinski definition) is 4. The summed E-state index contributed by atoms with van der Waals surface area (Å²) >= 11 is 6.04. The van der Waals surface area contributed by atoms with Gasteiger partial charge in [0.15, 0.2) is 5.76 Å². The minimum absolute atomic E-state index is 0.165. The lowest BCUT2D eigenvalue weighted by Crippen LogP contribution is -2.32. The van der Waals surface area contributed by atoms with Crippen LogP contribution in [0.25, 0.3) is 0 Å². The number of aryl methyl sites for hydroxylation is 2. The van der Waals surface area contributed by atoms with Gasteiger partial charge in [0.1, 0.15) is 10.6 Å². The lowest BCUT2D eigenvalue weighted by atomic mass is 9.89. The molecule has 1 saturated carbocycles. The van der Waals surface area contributed by atoms with Crippen molar-refractivity contribution < 1.29 is 12.9 Å². The Morgan fingerprint density at radius 3 is 2.47 bits per heavy atom. The van der Waals surface area contributed by atoms with Gasteiger partial charge in [-0.25, -0.2) is 13.1 Å². The molecular weight excluding hydrogens is 288 g/mol. The van der Waals surface area contributed by atoms with Crippen molar-refractivity contribution >= 4 is 21.6 Å². The van der Waals surface area contributed by atoms with Crippen LogP contribution in [0.5, 0.6) is 0 Å². The van der Waals surface area contributed by atoms with Crippen LogP contribution < -0.4 is 4.72 Å². The Labute approximate surface area is 118 Å². The van der Waals surface area contributed by atoms with Gasteiger partial charge in [0.2, 0.25) is 10.0 Å². The lowest BCUT2D eigenvalue weighted by molar-refractivity contribution is 0.361. The third-order valence-electron chi connectivity index (χ3n) is 3.57. The number of sulfonamides is 1. The molecule has 1 N–H and O–H groups in total. The van der Waals surface area contributed by atoms with Crippen molar-refractivity contribution in [3.8, 4) is 0 Å². The summed E-state index contributed by atoms with van der Waals surface area (Å²) in [5, 5.41) is 3.92. The van der Waals surface area contributed by atoms with Gasteiger partial charge in [-0.2, -0.15) is 0 Å². The maximum absolute atomic E-state index is 12.2. The molecule has 1 aromatic heterocycles. The molecule has 0 amide bonds. The van der Waals surface area contributed by atoms with Crippen LogP contribution in [-0.4, -0.2) is 25.5 Å². The van der Waals surface area contributed by atoms with Crippen LogP contribution in [0.2, 0.25) is 0 Å². The average molecular weight is 307 g/mol. The molecule has 7 heteroatoms. The Kier molecular flexibility index (Phi) is 4.53. The molecule has 0 spiro atoms. The summed E-state index contributed by atoms with van der Waals surface area (Å²) in [6, 6.07) is 0. The molecule has 1 aliphatic rings. The summed E-state index contributed by atoms with van der Waals surface area (Å²) in [6.07, 6.45) is 3.86. The topological polar surface area (TPSA) is 72.2 Å². The molecule has 0 saturated heterocycles. The molecule has 19 heavy (non-hydrogen) atoms. The smallest absolute Gasteiger partial charge is 0.245 e. The Morgan fingerprint density at radius 2 is 1.95 bits per heavy atom. The van der Waals surface area contributed by atoms with E-state index in [9.17, 15) is 8.42 Å². The molecule has 1 aromatic rings. The summed E-state index contributed by atoms with van der Waals surface area (Å²) < 4.78 is 32.0. The predicted molar refractivity (Wildman–Crippen MR) is 72.8 cm³/mol. The number of aromatic nitrogens is 1. The van der Waals surface area contributed by atoms with E-state index in [4.69, 9.17) is 16.1 Å². The summed E-state index contributed by atoms with van der Waals surface area (Å²) in [4.78, 5) is 0.165. The first-order valence-electron chi connectivity index (χ1n) is 6.46. The third-order valence-corrected chi connectivity index (χ3v) is 5.68. The van der Waals surface area contributed by atoms with Gasteiger partial charge < -0.3 is 4.52 Å². The van der Waals surface area contributed by atoms with Gasteiger partial charge in [0, 0.05) is 11.9 Å². The standard InChI is InChI=1S/C12H19ClN2O3S/c1-8-12(9(2)18-15-8)19(16,17)14-7-10-3-5-11(13)6-4-10/h10-11,14H,3-7H2,1-2H3. The van der Waals surface area contributed by atoms with Crippen molar-refractivity contribution in [3.05, 3.63) is 11.5 Å². The van der Waals surface area contributed by atoms with Crippen LogP contribution in [0.4, 0.5) is 0 Å². The average Bonchev–Trinajstić information content (AvgIpc) is 2.69. The van der Waals surface area contributed by atoms with Gasteiger partial charge in [-0.3, -0.25) is 0 Å². The molecule has 0 aromatic carbocycles. The number of halogens is 1. The summed E-state index contributed by atoms with van der Waals surface area (Å²) in [5.74, 6) is 0.694. The van der Waals surface area contributed by atoms with E-state index < -0.39 is 10.0 Å². The first-order valence-corrected chi connectivity index (χ1v) is 8.38. The highest BCUT2D eigenvalue weighted by Gasteiger charge is 2.26. The van der Waals surface area contributed by atoms with Crippen molar-refractivity contribution in [2.75, 3.05) is 6.54 Å². The lowest BCUT2D eigenvalue weighted by Gasteiger charge is -2.24. The van der Waals surface area contributed by atoms with E-state index >= 15 is 0 Å². The molecule has 1 aliphatic carbocycles. The van der Waals surface area contributed by atoms with E-state index in [0.717, 1.165) is 25.7 Å². The quantitative estimate of drug-likeness (QED) is 0.867. The monoisotopic (exact) mass is 306 g/mol. The number of rotatable bonds is 4. The van der Waals surface area contributed by atoms with Crippen LogP contribution in [0.15, 0.2) is 9.42 Å². The molecule has 0 atom stereocenters. The van der Waals surface area contributed by atoms with E-state index in [-0.39, 0.29) is 10.3 Å². The van der Waals surface area contributed by atoms with E-state index in [1.54, 1.807) is 13.8 Å². The van der Waals surface area contributed by atoms with Crippen molar-refractivity contribution in [2.45, 2.75) is 49.8 Å². The zero-order valence-electron chi connectivity index (χ0n) is 11.1. The van der Waals surface area contributed by atoms with E-state index in [1.165, 1.54) is 0 Å². The SMILES string of the molecule is Cc1noc(C)c1S(=O)(=O)NCC1CCC(Cl)CC1. The molecule has 0 unspecified atom stereocenters. The van der Waals surface area contributed by atoms with Crippen molar-refractivity contribution in [1.29, 1.82) is 0 Å². The van der Waals surface area contributed by atoms with Gasteiger partial charge in [0.25, 0.3) is 0 Å². The normalized spacial score (nSPS) is 24.6. The van der Waals surface area contributed by atoms with Crippen LogP contribution >= 0.6 is 11.6 Å². The summed E-state index contributed by atoms with van der Waals surface area (Å²) in [5.41, 5.74) is 0.398. The largest absolute Gasteiger partial charge is 0.360 e. The highest BCUT2D eigenvalue weighted by atomic mass is 35.5. The molecular formula is C12H19ClN2O3S. The number of alkyl halides is 1. The van der Waals surface area contributed by atoms with E-state index in [2.05, 4.69) is 9.88 Å². The zero-order valence-corrected chi connectivity index (χ0v) is 12.7. The van der Waals surface area contributed by atoms with E-state index in [0.29, 0.717) is 23.9 Å². The van der Waals surface area contributed by atoms with Gasteiger partial charge in [-0.05, 0) is 45.4 Å². The van der Waals surface area contributed by atoms with Crippen molar-refractivity contribution in [1.82, 2.24) is 9.88 Å². The number of nitrogens with zero attached hydrogens (tertiary/aromatic N) is 1. The fourth-order valence-electron chi connectivity index (χ4n) is 2.48. The van der Waals surface area contributed by atoms with Crippen LogP contribution in [0.1, 0.15) is 37.1 Å². The van der Waals surface area contributed by atoms with Crippen molar-refractivity contribution in [3.63, 3.8) is 0 Å². The van der Waals surface area contributed by atoms with Gasteiger partial charge in [0.05, 0.1) is 0 Å². The van der Waals surface area contributed by atoms with Gasteiger partial charge in [-0.1, -0.05) is 5.16 Å². The first-order chi connectivity index (χ1) is 8.90. The second kappa shape index (κ2) is 5.81. The fourth-order valence-corrected chi connectivity index (χ4v) is 4.18. The minimum atomic E-state index is -3.53. The second-order valence-electron chi connectivity index (χ2n) is 5.12. The Balaban J connectivity index is 1.99. The zero-order chi connectivity index (χ0) is 14.0. The van der Waals surface area contributed by atoms with Gasteiger partial charge >= 0.3 is 0 Å². The minimum Gasteiger partial charge on any atom is -0.360 e. The molecule has 0 bridgehead atoms. The molecule has 5 nitrogen and oxygen atoms in total. The Hall–Kier alpha value is -0.590. The summed E-state index contributed by atoms with van der Waals surface area (Å²) in [7, 11) is -3.53. The predicted octanol–water partition coefficient (Wildman–Crippen LogP) is 2.37. The number of hydrogen-bond donors (Lipinski definition) is 1. The Morgan fingerprint density at radius 1 is 1.32 bits per heavy atom. The highest BCUT2D eigenvalue weighted by molar-refractivity contribution is 7.89. The molecule has 0 aliphatic heterocycles. The highest BCUT2D eigenvalue weighted by Crippen LogP contribution is 2.27. The summed E-state index contributed by atoms with van der Waals surface area (Å²) in [6.45, 7) is 3.69. The molecule has 2 rings (SSSR count). The maximum atomic E-state index is 12.2. The maximum Gasteiger partial charge on any atom is 0.245 e. The van der Waals surface area contributed by atoms with Crippen LogP contribution in [0.3, 0.4) is 0 Å². The van der Waals surface area contributed by atoms with Crippen LogP contribution in [0, 0.1) is 19.8 Å². The fraction of sp³-hybridized carbons (Fsp3) is 0.750. The first kappa shape index (κ1) is 14.8. The van der Waals surface area contributed by atoms with Gasteiger partial charge in [-0.15, -0.1) is 11.6 Å². The molecule has 0 radical (unpaired) electrons.